The van der Waals surface area contributed by atoms with Crippen molar-refractivity contribution in [1.29, 1.82) is 5.26 Å². The van der Waals surface area contributed by atoms with Crippen molar-refractivity contribution in [3.05, 3.63) is 36.0 Å². The van der Waals surface area contributed by atoms with Crippen molar-refractivity contribution in [2.24, 2.45) is 17.8 Å². The Morgan fingerprint density at radius 1 is 1.42 bits per heavy atom. The summed E-state index contributed by atoms with van der Waals surface area (Å²) in [7, 11) is 0. The summed E-state index contributed by atoms with van der Waals surface area (Å²) in [5, 5.41) is 24.5. The van der Waals surface area contributed by atoms with Gasteiger partial charge in [0.1, 0.15) is 17.4 Å². The van der Waals surface area contributed by atoms with Crippen molar-refractivity contribution >= 4 is 11.6 Å². The van der Waals surface area contributed by atoms with Crippen LogP contribution < -0.4 is 10.6 Å². The average molecular weight is 325 g/mol. The summed E-state index contributed by atoms with van der Waals surface area (Å²) in [6, 6.07) is 8.47. The first-order valence-corrected chi connectivity index (χ1v) is 8.53. The monoisotopic (exact) mass is 325 g/mol. The zero-order chi connectivity index (χ0) is 17.1. The lowest BCUT2D eigenvalue weighted by Crippen LogP contribution is -2.33. The van der Waals surface area contributed by atoms with E-state index in [1.165, 1.54) is 44.0 Å². The number of aromatic hydroxyl groups is 1. The fourth-order valence-corrected chi connectivity index (χ4v) is 4.18. The lowest BCUT2D eigenvalue weighted by Gasteiger charge is -2.28. The van der Waals surface area contributed by atoms with Crippen LogP contribution in [0.4, 0.5) is 5.69 Å². The molecule has 5 nitrogen and oxygen atoms in total. The van der Waals surface area contributed by atoms with Gasteiger partial charge in [-0.25, -0.2) is 0 Å². The maximum Gasteiger partial charge on any atom is 0.267 e. The largest absolute Gasteiger partial charge is 0.508 e. The van der Waals surface area contributed by atoms with Gasteiger partial charge in [0.15, 0.2) is 0 Å². The fraction of sp³-hybridized carbons (Fsp3) is 0.474. The highest BCUT2D eigenvalue weighted by Crippen LogP contribution is 2.49. The highest BCUT2D eigenvalue weighted by Gasteiger charge is 2.41. The minimum Gasteiger partial charge on any atom is -0.508 e. The number of hydrogen-bond acceptors (Lipinski definition) is 4. The summed E-state index contributed by atoms with van der Waals surface area (Å²) >= 11 is 0. The molecule has 3 N–H and O–H groups in total. The zero-order valence-corrected chi connectivity index (χ0v) is 13.8. The number of nitriles is 1. The quantitative estimate of drug-likeness (QED) is 0.573. The third kappa shape index (κ3) is 3.53. The Kier molecular flexibility index (Phi) is 4.75. The standard InChI is InChI=1S/C19H23N3O2/c1-12(18-8-13-5-6-14(18)7-13)21-11-15(10-20)19(24)22-16-3-2-4-17(23)9-16/h2-4,9,11-14,18,21,23H,5-8H2,1H3,(H,22,24)/b15-11-. The number of amides is 1. The zero-order valence-electron chi connectivity index (χ0n) is 13.8. The minimum absolute atomic E-state index is 0.0355. The molecular weight excluding hydrogens is 302 g/mol. The Labute approximate surface area is 142 Å². The van der Waals surface area contributed by atoms with Gasteiger partial charge in [-0.2, -0.15) is 5.26 Å². The Morgan fingerprint density at radius 2 is 2.25 bits per heavy atom. The molecule has 2 bridgehead atoms. The molecule has 4 atom stereocenters. The lowest BCUT2D eigenvalue weighted by molar-refractivity contribution is -0.112. The van der Waals surface area contributed by atoms with E-state index >= 15 is 0 Å². The summed E-state index contributed by atoms with van der Waals surface area (Å²) in [5.41, 5.74) is 0.496. The number of phenolic OH excluding ortho intramolecular Hbond substituents is 1. The molecule has 2 aliphatic carbocycles. The summed E-state index contributed by atoms with van der Waals surface area (Å²) in [6.45, 7) is 2.13. The number of nitrogens with one attached hydrogen (secondary N) is 2. The van der Waals surface area contributed by atoms with Gasteiger partial charge in [0.25, 0.3) is 5.91 Å². The number of hydrogen-bond donors (Lipinski definition) is 3. The second-order valence-corrected chi connectivity index (χ2v) is 6.97. The molecule has 4 unspecified atom stereocenters. The van der Waals surface area contributed by atoms with Crippen molar-refractivity contribution in [3.63, 3.8) is 0 Å². The number of nitrogens with zero attached hydrogens (tertiary/aromatic N) is 1. The molecule has 126 valence electrons. The minimum atomic E-state index is -0.476. The molecule has 1 amide bonds. The third-order valence-corrected chi connectivity index (χ3v) is 5.39. The normalized spacial score (nSPS) is 26.7. The van der Waals surface area contributed by atoms with Gasteiger partial charge in [0.05, 0.1) is 0 Å². The molecular formula is C19H23N3O2. The second kappa shape index (κ2) is 6.96. The maximum atomic E-state index is 12.2. The van der Waals surface area contributed by atoms with Crippen LogP contribution in [0.15, 0.2) is 36.0 Å². The van der Waals surface area contributed by atoms with Crippen molar-refractivity contribution < 1.29 is 9.90 Å². The van der Waals surface area contributed by atoms with Gasteiger partial charge in [-0.05, 0) is 56.1 Å². The number of rotatable bonds is 5. The van der Waals surface area contributed by atoms with E-state index in [4.69, 9.17) is 0 Å². The molecule has 3 rings (SSSR count). The first-order valence-electron chi connectivity index (χ1n) is 8.53. The summed E-state index contributed by atoms with van der Waals surface area (Å²) in [6.07, 6.45) is 6.79. The fourth-order valence-electron chi connectivity index (χ4n) is 4.18. The maximum absolute atomic E-state index is 12.2. The summed E-state index contributed by atoms with van der Waals surface area (Å²) in [5.74, 6) is 1.89. The van der Waals surface area contributed by atoms with Crippen LogP contribution in [0.1, 0.15) is 32.6 Å². The van der Waals surface area contributed by atoms with Crippen molar-refractivity contribution in [2.75, 3.05) is 5.32 Å². The Hall–Kier alpha value is -2.48. The van der Waals surface area contributed by atoms with Crippen LogP contribution in [0, 0.1) is 29.1 Å². The molecule has 0 aliphatic heterocycles. The number of fused-ring (bicyclic) bond motifs is 2. The SMILES string of the molecule is CC(N/C=C(/C#N)C(=O)Nc1cccc(O)c1)C1CC2CCC1C2. The van der Waals surface area contributed by atoms with Gasteiger partial charge >= 0.3 is 0 Å². The van der Waals surface area contributed by atoms with E-state index in [-0.39, 0.29) is 17.4 Å². The Balaban J connectivity index is 1.59. The van der Waals surface area contributed by atoms with Crippen molar-refractivity contribution in [1.82, 2.24) is 5.32 Å². The Morgan fingerprint density at radius 3 is 2.88 bits per heavy atom. The molecule has 2 saturated carbocycles. The molecule has 0 saturated heterocycles. The second-order valence-electron chi connectivity index (χ2n) is 6.97. The van der Waals surface area contributed by atoms with Crippen molar-refractivity contribution in [3.8, 4) is 11.8 Å². The van der Waals surface area contributed by atoms with Crippen LogP contribution in [0.5, 0.6) is 5.75 Å². The number of carbonyl (C=O) groups excluding carboxylic acids is 1. The molecule has 0 spiro atoms. The summed E-state index contributed by atoms with van der Waals surface area (Å²) in [4.78, 5) is 12.2. The third-order valence-electron chi connectivity index (χ3n) is 5.39. The molecule has 5 heteroatoms. The van der Waals surface area contributed by atoms with Crippen molar-refractivity contribution in [2.45, 2.75) is 38.6 Å². The van der Waals surface area contributed by atoms with Crippen LogP contribution >= 0.6 is 0 Å². The molecule has 2 fully saturated rings. The molecule has 1 aromatic rings. The molecule has 0 radical (unpaired) electrons. The van der Waals surface area contributed by atoms with Gasteiger partial charge in [-0.3, -0.25) is 4.79 Å². The first kappa shape index (κ1) is 16.4. The highest BCUT2D eigenvalue weighted by molar-refractivity contribution is 6.06. The van der Waals surface area contributed by atoms with E-state index in [2.05, 4.69) is 17.6 Å². The topological polar surface area (TPSA) is 85.2 Å². The van der Waals surface area contributed by atoms with Crippen LogP contribution in [0.3, 0.4) is 0 Å². The molecule has 0 heterocycles. The van der Waals surface area contributed by atoms with Crippen LogP contribution in [0.25, 0.3) is 0 Å². The number of phenols is 1. The predicted molar refractivity (Wildman–Crippen MR) is 92.0 cm³/mol. The first-order chi connectivity index (χ1) is 11.6. The Bertz CT molecular complexity index is 692. The number of anilines is 1. The van der Waals surface area contributed by atoms with E-state index < -0.39 is 5.91 Å². The van der Waals surface area contributed by atoms with E-state index in [0.29, 0.717) is 11.6 Å². The van der Waals surface area contributed by atoms with Gasteiger partial charge in [-0.15, -0.1) is 0 Å². The number of benzene rings is 1. The predicted octanol–water partition coefficient (Wildman–Crippen LogP) is 3.15. The van der Waals surface area contributed by atoms with Crippen LogP contribution in [0.2, 0.25) is 0 Å². The smallest absolute Gasteiger partial charge is 0.267 e. The summed E-state index contributed by atoms with van der Waals surface area (Å²) < 4.78 is 0. The van der Waals surface area contributed by atoms with Gasteiger partial charge in [-0.1, -0.05) is 12.5 Å². The molecule has 24 heavy (non-hydrogen) atoms. The molecule has 0 aromatic heterocycles. The van der Waals surface area contributed by atoms with Crippen LogP contribution in [-0.2, 0) is 4.79 Å². The van der Waals surface area contributed by atoms with Gasteiger partial charge < -0.3 is 15.7 Å². The molecule has 1 aromatic carbocycles. The van der Waals surface area contributed by atoms with E-state index in [1.807, 2.05) is 6.07 Å². The van der Waals surface area contributed by atoms with E-state index in [0.717, 1.165) is 11.8 Å². The van der Waals surface area contributed by atoms with Crippen LogP contribution in [-0.4, -0.2) is 17.1 Å². The average Bonchev–Trinajstić information content (AvgIpc) is 3.18. The lowest BCUT2D eigenvalue weighted by atomic mass is 9.84. The van der Waals surface area contributed by atoms with Gasteiger partial charge in [0, 0.05) is 24.0 Å². The number of carbonyl (C=O) groups is 1. The van der Waals surface area contributed by atoms with Gasteiger partial charge in [0.2, 0.25) is 0 Å². The highest BCUT2D eigenvalue weighted by atomic mass is 16.3. The van der Waals surface area contributed by atoms with E-state index in [9.17, 15) is 15.2 Å². The van der Waals surface area contributed by atoms with E-state index in [1.54, 1.807) is 12.1 Å². The molecule has 2 aliphatic rings.